The van der Waals surface area contributed by atoms with Crippen molar-refractivity contribution in [3.8, 4) is 0 Å². The summed E-state index contributed by atoms with van der Waals surface area (Å²) in [7, 11) is 0. The van der Waals surface area contributed by atoms with Crippen LogP contribution in [0.2, 0.25) is 0 Å². The molecule has 0 saturated heterocycles. The Morgan fingerprint density at radius 3 is 2.90 bits per heavy atom. The summed E-state index contributed by atoms with van der Waals surface area (Å²) >= 11 is 0. The average Bonchev–Trinajstić information content (AvgIpc) is 2.48. The van der Waals surface area contributed by atoms with Gasteiger partial charge in [-0.2, -0.15) is 0 Å². The molecule has 0 N–H and O–H groups in total. The molecule has 0 unspecified atom stereocenters. The number of hydrogen-bond donors (Lipinski definition) is 0. The molecular formula is C20H22. The van der Waals surface area contributed by atoms with Gasteiger partial charge in [-0.15, -0.1) is 0 Å². The summed E-state index contributed by atoms with van der Waals surface area (Å²) in [6.45, 7) is 6.25. The van der Waals surface area contributed by atoms with E-state index in [-0.39, 0.29) is 0 Å². The van der Waals surface area contributed by atoms with E-state index in [1.54, 1.807) is 0 Å². The normalized spacial score (nSPS) is 23.4. The Bertz CT molecular complexity index is 611. The van der Waals surface area contributed by atoms with E-state index in [0.717, 1.165) is 12.8 Å². The molecule has 0 aromatic heterocycles. The minimum Gasteiger partial charge on any atom is -0.0998 e. The van der Waals surface area contributed by atoms with Crippen LogP contribution in [0.3, 0.4) is 0 Å². The van der Waals surface area contributed by atoms with Gasteiger partial charge in [0.1, 0.15) is 0 Å². The molecule has 1 aromatic carbocycles. The molecular weight excluding hydrogens is 240 g/mol. The van der Waals surface area contributed by atoms with Crippen LogP contribution in [0.4, 0.5) is 0 Å². The number of benzene rings is 1. The maximum atomic E-state index is 4.09. The van der Waals surface area contributed by atoms with E-state index in [1.807, 2.05) is 0 Å². The van der Waals surface area contributed by atoms with Gasteiger partial charge in [0.2, 0.25) is 0 Å². The lowest BCUT2D eigenvalue weighted by atomic mass is 9.84. The molecule has 1 atom stereocenters. The maximum absolute atomic E-state index is 4.09. The fraction of sp³-hybridized carbons (Fsp3) is 0.300. The highest BCUT2D eigenvalue weighted by atomic mass is 14.2. The first kappa shape index (κ1) is 13.2. The van der Waals surface area contributed by atoms with Gasteiger partial charge >= 0.3 is 0 Å². The number of fused-ring (bicyclic) bond motifs is 1. The van der Waals surface area contributed by atoms with Crippen LogP contribution in [0, 0.1) is 5.92 Å². The third kappa shape index (κ3) is 2.70. The molecule has 0 amide bonds. The van der Waals surface area contributed by atoms with E-state index in [1.165, 1.54) is 40.7 Å². The Hall–Kier alpha value is -1.82. The molecule has 0 bridgehead atoms. The van der Waals surface area contributed by atoms with Crippen molar-refractivity contribution in [2.45, 2.75) is 32.6 Å². The summed E-state index contributed by atoms with van der Waals surface area (Å²) in [4.78, 5) is 0. The van der Waals surface area contributed by atoms with Crippen molar-refractivity contribution in [3.05, 3.63) is 77.4 Å². The number of hydrogen-bond acceptors (Lipinski definition) is 0. The van der Waals surface area contributed by atoms with E-state index in [0.29, 0.717) is 5.92 Å². The first-order chi connectivity index (χ1) is 9.74. The third-order valence-electron chi connectivity index (χ3n) is 4.45. The lowest BCUT2D eigenvalue weighted by Crippen LogP contribution is -2.06. The van der Waals surface area contributed by atoms with Crippen LogP contribution >= 0.6 is 0 Å². The third-order valence-corrected chi connectivity index (χ3v) is 4.45. The zero-order valence-electron chi connectivity index (χ0n) is 12.2. The Morgan fingerprint density at radius 2 is 2.15 bits per heavy atom. The monoisotopic (exact) mass is 262 g/mol. The summed E-state index contributed by atoms with van der Waals surface area (Å²) in [5.74, 6) is 0.686. The minimum atomic E-state index is 0.686. The predicted octanol–water partition coefficient (Wildman–Crippen LogP) is 5.48. The van der Waals surface area contributed by atoms with Gasteiger partial charge < -0.3 is 0 Å². The van der Waals surface area contributed by atoms with Crippen molar-refractivity contribution in [2.24, 2.45) is 5.92 Å². The average molecular weight is 262 g/mol. The zero-order valence-corrected chi connectivity index (χ0v) is 12.2. The zero-order chi connectivity index (χ0) is 13.9. The van der Waals surface area contributed by atoms with Crippen LogP contribution in [0.25, 0.3) is 5.57 Å². The molecule has 2 aliphatic rings. The van der Waals surface area contributed by atoms with Crippen molar-refractivity contribution in [1.29, 1.82) is 0 Å². The number of rotatable bonds is 2. The fourth-order valence-electron chi connectivity index (χ4n) is 3.14. The second-order valence-electron chi connectivity index (χ2n) is 5.96. The van der Waals surface area contributed by atoms with Crippen LogP contribution in [0.15, 0.2) is 66.3 Å². The molecule has 0 nitrogen and oxygen atoms in total. The SMILES string of the molecule is C=C(C)[C@@H]1CC=C(C=C2C=CCc3ccccc32)CC1. The highest BCUT2D eigenvalue weighted by molar-refractivity contribution is 5.79. The van der Waals surface area contributed by atoms with Gasteiger partial charge in [0, 0.05) is 0 Å². The van der Waals surface area contributed by atoms with Gasteiger partial charge in [0.05, 0.1) is 0 Å². The second kappa shape index (κ2) is 5.66. The fourth-order valence-corrected chi connectivity index (χ4v) is 3.14. The van der Waals surface area contributed by atoms with Gasteiger partial charge in [-0.3, -0.25) is 0 Å². The summed E-state index contributed by atoms with van der Waals surface area (Å²) < 4.78 is 0. The largest absolute Gasteiger partial charge is 0.0998 e. The molecule has 3 rings (SSSR count). The molecule has 0 aliphatic heterocycles. The van der Waals surface area contributed by atoms with Crippen LogP contribution in [-0.2, 0) is 6.42 Å². The Balaban J connectivity index is 1.85. The molecule has 2 aliphatic carbocycles. The van der Waals surface area contributed by atoms with Gasteiger partial charge in [0.15, 0.2) is 0 Å². The maximum Gasteiger partial charge on any atom is -0.00880 e. The quantitative estimate of drug-likeness (QED) is 0.619. The predicted molar refractivity (Wildman–Crippen MR) is 87.5 cm³/mol. The van der Waals surface area contributed by atoms with Crippen molar-refractivity contribution < 1.29 is 0 Å². The molecule has 0 spiro atoms. The van der Waals surface area contributed by atoms with Crippen LogP contribution < -0.4 is 0 Å². The summed E-state index contributed by atoms with van der Waals surface area (Å²) in [5, 5.41) is 0. The number of allylic oxidation sites excluding steroid dienone is 7. The molecule has 1 aromatic rings. The molecule has 0 heterocycles. The van der Waals surface area contributed by atoms with Crippen molar-refractivity contribution in [1.82, 2.24) is 0 Å². The lowest BCUT2D eigenvalue weighted by molar-refractivity contribution is 0.545. The summed E-state index contributed by atoms with van der Waals surface area (Å²) in [6, 6.07) is 8.74. The van der Waals surface area contributed by atoms with Crippen LogP contribution in [0.5, 0.6) is 0 Å². The van der Waals surface area contributed by atoms with E-state index < -0.39 is 0 Å². The topological polar surface area (TPSA) is 0 Å². The van der Waals surface area contributed by atoms with Gasteiger partial charge in [-0.25, -0.2) is 0 Å². The molecule has 0 radical (unpaired) electrons. The van der Waals surface area contributed by atoms with Gasteiger partial charge in [0.25, 0.3) is 0 Å². The second-order valence-corrected chi connectivity index (χ2v) is 5.96. The summed E-state index contributed by atoms with van der Waals surface area (Å²) in [6.07, 6.45) is 14.0. The highest BCUT2D eigenvalue weighted by Gasteiger charge is 2.15. The van der Waals surface area contributed by atoms with Crippen molar-refractivity contribution in [3.63, 3.8) is 0 Å². The Morgan fingerprint density at radius 1 is 1.30 bits per heavy atom. The standard InChI is InChI=1S/C20H22/c1-15(2)17-12-10-16(11-13-17)14-19-8-5-7-18-6-3-4-9-20(18)19/h3-6,8-10,14,17H,1,7,11-13H2,2H3/t17-/m1/s1. The van der Waals surface area contributed by atoms with Gasteiger partial charge in [-0.05, 0) is 55.2 Å². The van der Waals surface area contributed by atoms with E-state index in [9.17, 15) is 0 Å². The minimum absolute atomic E-state index is 0.686. The Labute approximate surface area is 122 Å². The first-order valence-corrected chi connectivity index (χ1v) is 7.55. The smallest absolute Gasteiger partial charge is 0.00880 e. The molecule has 102 valence electrons. The van der Waals surface area contributed by atoms with Crippen molar-refractivity contribution in [2.75, 3.05) is 0 Å². The highest BCUT2D eigenvalue weighted by Crippen LogP contribution is 2.32. The molecule has 20 heavy (non-hydrogen) atoms. The lowest BCUT2D eigenvalue weighted by Gasteiger charge is -2.22. The van der Waals surface area contributed by atoms with E-state index in [4.69, 9.17) is 0 Å². The van der Waals surface area contributed by atoms with Crippen molar-refractivity contribution >= 4 is 5.57 Å². The first-order valence-electron chi connectivity index (χ1n) is 7.55. The summed E-state index contributed by atoms with van der Waals surface area (Å²) in [5.41, 5.74) is 7.02. The molecule has 0 heteroatoms. The van der Waals surface area contributed by atoms with Crippen LogP contribution in [0.1, 0.15) is 37.3 Å². The molecule has 0 saturated carbocycles. The molecule has 0 fully saturated rings. The van der Waals surface area contributed by atoms with E-state index >= 15 is 0 Å². The Kier molecular flexibility index (Phi) is 3.73. The van der Waals surface area contributed by atoms with Gasteiger partial charge in [-0.1, -0.05) is 66.3 Å². The van der Waals surface area contributed by atoms with Crippen LogP contribution in [-0.4, -0.2) is 0 Å². The van der Waals surface area contributed by atoms with E-state index in [2.05, 4.69) is 62.1 Å².